The van der Waals surface area contributed by atoms with E-state index in [1.165, 1.54) is 30.5 Å². The van der Waals surface area contributed by atoms with Gasteiger partial charge in [0.15, 0.2) is 0 Å². The molecule has 1 saturated heterocycles. The van der Waals surface area contributed by atoms with Gasteiger partial charge in [0.1, 0.15) is 17.3 Å². The second-order valence-corrected chi connectivity index (χ2v) is 6.69. The summed E-state index contributed by atoms with van der Waals surface area (Å²) in [6.07, 6.45) is 3.08. The summed E-state index contributed by atoms with van der Waals surface area (Å²) in [5.74, 6) is -0.452. The molecule has 1 aliphatic rings. The van der Waals surface area contributed by atoms with Gasteiger partial charge >= 0.3 is 0 Å². The molecule has 2 heterocycles. The molecule has 2 amide bonds. The zero-order valence-electron chi connectivity index (χ0n) is 14.3. The van der Waals surface area contributed by atoms with Gasteiger partial charge in [0, 0.05) is 31.1 Å². The molecule has 1 atom stereocenters. The average Bonchev–Trinajstić information content (AvgIpc) is 3.15. The summed E-state index contributed by atoms with van der Waals surface area (Å²) in [7, 11) is 0. The first-order valence-electron chi connectivity index (χ1n) is 8.43. The third-order valence-corrected chi connectivity index (χ3v) is 4.59. The van der Waals surface area contributed by atoms with Crippen LogP contribution in [0.1, 0.15) is 29.8 Å². The average molecular weight is 360 g/mol. The van der Waals surface area contributed by atoms with Crippen LogP contribution < -0.4 is 10.5 Å². The van der Waals surface area contributed by atoms with Crippen molar-refractivity contribution >= 4 is 11.8 Å². The third kappa shape index (κ3) is 4.19. The zero-order chi connectivity index (χ0) is 18.6. The van der Waals surface area contributed by atoms with Crippen LogP contribution in [0, 0.1) is 11.2 Å². The highest BCUT2D eigenvalue weighted by atomic mass is 19.1. The van der Waals surface area contributed by atoms with Crippen molar-refractivity contribution in [1.82, 2.24) is 15.1 Å². The van der Waals surface area contributed by atoms with E-state index in [-0.39, 0.29) is 24.8 Å². The van der Waals surface area contributed by atoms with Gasteiger partial charge in [-0.05, 0) is 43.2 Å². The van der Waals surface area contributed by atoms with Crippen molar-refractivity contribution in [2.45, 2.75) is 19.3 Å². The minimum Gasteiger partial charge on any atom is -0.493 e. The molecule has 0 saturated carbocycles. The van der Waals surface area contributed by atoms with E-state index in [4.69, 9.17) is 10.5 Å². The molecule has 0 aliphatic carbocycles. The van der Waals surface area contributed by atoms with E-state index < -0.39 is 11.3 Å². The van der Waals surface area contributed by atoms with Crippen LogP contribution in [0.3, 0.4) is 0 Å². The number of nitrogens with one attached hydrogen (secondary N) is 1. The summed E-state index contributed by atoms with van der Waals surface area (Å²) in [6, 6.07) is 7.30. The van der Waals surface area contributed by atoms with E-state index in [9.17, 15) is 14.0 Å². The number of amides is 2. The van der Waals surface area contributed by atoms with Gasteiger partial charge in [-0.15, -0.1) is 0 Å². The molecule has 1 aromatic carbocycles. The molecule has 7 nitrogen and oxygen atoms in total. The Kier molecular flexibility index (Phi) is 5.20. The highest BCUT2D eigenvalue weighted by Crippen LogP contribution is 2.35. The molecule has 26 heavy (non-hydrogen) atoms. The summed E-state index contributed by atoms with van der Waals surface area (Å²) in [4.78, 5) is 25.9. The number of likely N-dealkylation sites (tertiary alicyclic amines) is 1. The number of ether oxygens (including phenoxy) is 1. The third-order valence-electron chi connectivity index (χ3n) is 4.59. The lowest BCUT2D eigenvalue weighted by atomic mass is 9.77. The molecule has 0 spiro atoms. The largest absolute Gasteiger partial charge is 0.493 e. The summed E-state index contributed by atoms with van der Waals surface area (Å²) >= 11 is 0. The fourth-order valence-corrected chi connectivity index (χ4v) is 3.38. The number of aromatic amines is 1. The number of hydrogen-bond donors (Lipinski definition) is 2. The van der Waals surface area contributed by atoms with E-state index in [1.807, 2.05) is 0 Å². The molecule has 3 rings (SSSR count). The number of nitrogens with two attached hydrogens (primary N) is 1. The smallest absolute Gasteiger partial charge is 0.271 e. The first-order chi connectivity index (χ1) is 12.5. The van der Waals surface area contributed by atoms with Gasteiger partial charge in [0.05, 0.1) is 6.61 Å². The van der Waals surface area contributed by atoms with E-state index >= 15 is 0 Å². The highest BCUT2D eigenvalue weighted by molar-refractivity contribution is 5.92. The minimum absolute atomic E-state index is 0.112. The first kappa shape index (κ1) is 17.9. The maximum Gasteiger partial charge on any atom is 0.271 e. The summed E-state index contributed by atoms with van der Waals surface area (Å²) in [5, 5.41) is 6.47. The van der Waals surface area contributed by atoms with Crippen molar-refractivity contribution in [3.05, 3.63) is 48.0 Å². The number of benzene rings is 1. The first-order valence-corrected chi connectivity index (χ1v) is 8.43. The number of primary amides is 1. The molecule has 2 aromatic rings. The van der Waals surface area contributed by atoms with Gasteiger partial charge in [-0.3, -0.25) is 14.7 Å². The Morgan fingerprint density at radius 2 is 2.08 bits per heavy atom. The maximum absolute atomic E-state index is 13.0. The van der Waals surface area contributed by atoms with Crippen LogP contribution in [0.4, 0.5) is 4.39 Å². The van der Waals surface area contributed by atoms with Crippen molar-refractivity contribution in [2.75, 3.05) is 19.7 Å². The van der Waals surface area contributed by atoms with Gasteiger partial charge < -0.3 is 15.4 Å². The monoisotopic (exact) mass is 360 g/mol. The molecule has 138 valence electrons. The van der Waals surface area contributed by atoms with Crippen molar-refractivity contribution in [2.24, 2.45) is 11.1 Å². The molecule has 3 N–H and O–H groups in total. The van der Waals surface area contributed by atoms with Gasteiger partial charge in [0.25, 0.3) is 5.91 Å². The summed E-state index contributed by atoms with van der Waals surface area (Å²) in [6.45, 7) is 1.16. The molecule has 1 fully saturated rings. The Morgan fingerprint density at radius 1 is 1.31 bits per heavy atom. The Labute approximate surface area is 150 Å². The van der Waals surface area contributed by atoms with Crippen LogP contribution in [0.2, 0.25) is 0 Å². The van der Waals surface area contributed by atoms with Crippen LogP contribution in [0.25, 0.3) is 0 Å². The predicted octanol–water partition coefficient (Wildman–Crippen LogP) is 1.73. The number of H-pyrrole nitrogens is 1. The zero-order valence-corrected chi connectivity index (χ0v) is 14.3. The molecule has 1 aliphatic heterocycles. The molecular formula is C18H21FN4O3. The molecule has 0 unspecified atom stereocenters. The van der Waals surface area contributed by atoms with E-state index in [1.54, 1.807) is 11.0 Å². The number of aromatic nitrogens is 2. The van der Waals surface area contributed by atoms with Gasteiger partial charge in [-0.1, -0.05) is 0 Å². The Morgan fingerprint density at radius 3 is 2.73 bits per heavy atom. The van der Waals surface area contributed by atoms with Crippen LogP contribution in [0.15, 0.2) is 36.5 Å². The van der Waals surface area contributed by atoms with Crippen LogP contribution >= 0.6 is 0 Å². The lowest BCUT2D eigenvalue weighted by Crippen LogP contribution is -2.50. The number of nitrogens with zero attached hydrogens (tertiary/aromatic N) is 2. The van der Waals surface area contributed by atoms with Crippen molar-refractivity contribution in [1.29, 1.82) is 0 Å². The number of rotatable bonds is 6. The minimum atomic E-state index is -0.575. The fraction of sp³-hybridized carbons (Fsp3) is 0.389. The number of halogens is 1. The number of piperidine rings is 1. The van der Waals surface area contributed by atoms with E-state index in [2.05, 4.69) is 10.2 Å². The van der Waals surface area contributed by atoms with Crippen molar-refractivity contribution in [3.8, 4) is 5.75 Å². The molecule has 0 bridgehead atoms. The molecular weight excluding hydrogens is 339 g/mol. The number of carbonyl (C=O) groups excluding carboxylic acids is 2. The van der Waals surface area contributed by atoms with Crippen LogP contribution in [0.5, 0.6) is 5.75 Å². The Hall–Kier alpha value is -2.90. The molecule has 1 aromatic heterocycles. The maximum atomic E-state index is 13.0. The summed E-state index contributed by atoms with van der Waals surface area (Å²) < 4.78 is 18.8. The van der Waals surface area contributed by atoms with Crippen LogP contribution in [-0.4, -0.2) is 46.6 Å². The quantitative estimate of drug-likeness (QED) is 0.819. The van der Waals surface area contributed by atoms with Crippen LogP contribution in [-0.2, 0) is 4.79 Å². The van der Waals surface area contributed by atoms with Crippen molar-refractivity contribution < 1.29 is 18.7 Å². The Bertz CT molecular complexity index is 763. The van der Waals surface area contributed by atoms with Gasteiger partial charge in [-0.2, -0.15) is 5.10 Å². The van der Waals surface area contributed by atoms with Crippen molar-refractivity contribution in [3.63, 3.8) is 0 Å². The van der Waals surface area contributed by atoms with E-state index in [0.29, 0.717) is 31.0 Å². The standard InChI is InChI=1S/C18H21FN4O3/c19-13-2-4-14(5-3-13)26-12-18(10-16(20)24)7-1-9-23(11-18)17(25)15-6-8-21-22-15/h2-6,8H,1,7,9-12H2,(H2,20,24)(H,21,22)/t18-/m1/s1. The normalized spacial score (nSPS) is 20.0. The second kappa shape index (κ2) is 7.55. The lowest BCUT2D eigenvalue weighted by molar-refractivity contribution is -0.122. The number of carbonyl (C=O) groups is 2. The second-order valence-electron chi connectivity index (χ2n) is 6.69. The highest BCUT2D eigenvalue weighted by Gasteiger charge is 2.39. The van der Waals surface area contributed by atoms with Gasteiger partial charge in [0.2, 0.25) is 5.91 Å². The summed E-state index contributed by atoms with van der Waals surface area (Å²) in [5.41, 5.74) is 5.28. The SMILES string of the molecule is NC(=O)C[C@]1(COc2ccc(F)cc2)CCCN(C(=O)c2ccn[nH]2)C1. The molecule has 8 heteroatoms. The van der Waals surface area contributed by atoms with E-state index in [0.717, 1.165) is 6.42 Å². The fourth-order valence-electron chi connectivity index (χ4n) is 3.38. The predicted molar refractivity (Wildman–Crippen MR) is 91.9 cm³/mol. The molecule has 0 radical (unpaired) electrons. The Balaban J connectivity index is 1.74. The number of hydrogen-bond acceptors (Lipinski definition) is 4. The topological polar surface area (TPSA) is 101 Å². The van der Waals surface area contributed by atoms with Gasteiger partial charge in [-0.25, -0.2) is 4.39 Å². The lowest BCUT2D eigenvalue weighted by Gasteiger charge is -2.41.